The molecule has 0 aliphatic carbocycles. The molecule has 5 aromatic rings. The first-order valence-corrected chi connectivity index (χ1v) is 12.1. The van der Waals surface area contributed by atoms with E-state index in [9.17, 15) is 5.26 Å². The van der Waals surface area contributed by atoms with Gasteiger partial charge in [0.25, 0.3) is 0 Å². The van der Waals surface area contributed by atoms with Crippen molar-refractivity contribution >= 4 is 45.5 Å². The Kier molecular flexibility index (Phi) is 7.24. The van der Waals surface area contributed by atoms with Gasteiger partial charge < -0.3 is 19.8 Å². The molecular formula is C28H21Cl2N5O2. The predicted octanol–water partition coefficient (Wildman–Crippen LogP) is 7.11. The number of pyridine rings is 2. The molecule has 184 valence electrons. The summed E-state index contributed by atoms with van der Waals surface area (Å²) in [5.74, 6) is 2.02. The number of ether oxygens (including phenoxy) is 1. The molecule has 9 heteroatoms. The maximum absolute atomic E-state index is 9.72. The van der Waals surface area contributed by atoms with Gasteiger partial charge in [-0.2, -0.15) is 5.26 Å². The van der Waals surface area contributed by atoms with E-state index in [2.05, 4.69) is 26.7 Å². The van der Waals surface area contributed by atoms with Crippen molar-refractivity contribution in [2.75, 3.05) is 12.4 Å². The summed E-state index contributed by atoms with van der Waals surface area (Å²) in [6.07, 6.45) is 5.08. The molecule has 0 unspecified atom stereocenters. The van der Waals surface area contributed by atoms with E-state index in [4.69, 9.17) is 32.4 Å². The number of halogens is 2. The third-order valence-corrected chi connectivity index (χ3v) is 6.42. The van der Waals surface area contributed by atoms with Crippen LogP contribution in [0.5, 0.6) is 5.75 Å². The van der Waals surface area contributed by atoms with E-state index < -0.39 is 0 Å². The molecule has 2 N–H and O–H groups in total. The summed E-state index contributed by atoms with van der Waals surface area (Å²) in [4.78, 5) is 8.53. The second kappa shape index (κ2) is 10.9. The molecule has 0 fully saturated rings. The van der Waals surface area contributed by atoms with Crippen LogP contribution in [0.3, 0.4) is 0 Å². The molecule has 0 atom stereocenters. The van der Waals surface area contributed by atoms with Crippen molar-refractivity contribution in [2.24, 2.45) is 0 Å². The number of nitrogens with zero attached hydrogens (tertiary/aromatic N) is 3. The summed E-state index contributed by atoms with van der Waals surface area (Å²) in [7, 11) is 1.53. The van der Waals surface area contributed by atoms with E-state index in [1.165, 1.54) is 13.3 Å². The van der Waals surface area contributed by atoms with Gasteiger partial charge in [0, 0.05) is 42.2 Å². The van der Waals surface area contributed by atoms with Crippen molar-refractivity contribution in [3.63, 3.8) is 0 Å². The lowest BCUT2D eigenvalue weighted by atomic mass is 10.1. The van der Waals surface area contributed by atoms with Gasteiger partial charge in [0.15, 0.2) is 0 Å². The number of nitrogens with one attached hydrogen (secondary N) is 2. The molecule has 2 aromatic carbocycles. The van der Waals surface area contributed by atoms with Crippen LogP contribution in [0.1, 0.15) is 16.9 Å². The Hall–Kier alpha value is -4.09. The molecule has 0 saturated heterocycles. The van der Waals surface area contributed by atoms with Crippen molar-refractivity contribution in [1.29, 1.82) is 5.26 Å². The van der Waals surface area contributed by atoms with Gasteiger partial charge in [0.2, 0.25) is 0 Å². The van der Waals surface area contributed by atoms with E-state index in [0.29, 0.717) is 44.8 Å². The number of hydrogen-bond donors (Lipinski definition) is 2. The van der Waals surface area contributed by atoms with Crippen LogP contribution >= 0.6 is 23.2 Å². The Balaban J connectivity index is 1.40. The van der Waals surface area contributed by atoms with Crippen molar-refractivity contribution in [2.45, 2.75) is 13.1 Å². The van der Waals surface area contributed by atoms with Crippen LogP contribution in [0.2, 0.25) is 10.0 Å². The molecule has 0 amide bonds. The third-order valence-electron chi connectivity index (χ3n) is 5.81. The first-order chi connectivity index (χ1) is 18.1. The molecule has 0 radical (unpaired) electrons. The highest BCUT2D eigenvalue weighted by Crippen LogP contribution is 2.38. The van der Waals surface area contributed by atoms with Gasteiger partial charge in [0.1, 0.15) is 23.3 Å². The quantitative estimate of drug-likeness (QED) is 0.221. The normalized spacial score (nSPS) is 10.9. The average Bonchev–Trinajstić information content (AvgIpc) is 3.39. The van der Waals surface area contributed by atoms with Crippen LogP contribution in [0, 0.1) is 11.3 Å². The molecule has 3 aromatic heterocycles. The fourth-order valence-electron chi connectivity index (χ4n) is 3.94. The Morgan fingerprint density at radius 2 is 1.84 bits per heavy atom. The van der Waals surface area contributed by atoms with E-state index >= 15 is 0 Å². The van der Waals surface area contributed by atoms with Crippen molar-refractivity contribution in [3.8, 4) is 23.1 Å². The van der Waals surface area contributed by atoms with Gasteiger partial charge >= 0.3 is 0 Å². The first kappa shape index (κ1) is 24.6. The summed E-state index contributed by atoms with van der Waals surface area (Å²) in [6.45, 7) is 1.32. The highest BCUT2D eigenvalue weighted by Gasteiger charge is 2.15. The zero-order chi connectivity index (χ0) is 25.8. The summed E-state index contributed by atoms with van der Waals surface area (Å²) in [5, 5.41) is 17.9. The molecule has 0 saturated carbocycles. The number of furan rings is 1. The maximum Gasteiger partial charge on any atom is 0.139 e. The molecule has 0 bridgehead atoms. The van der Waals surface area contributed by atoms with E-state index in [1.807, 2.05) is 42.5 Å². The monoisotopic (exact) mass is 529 g/mol. The minimum atomic E-state index is 0.380. The maximum atomic E-state index is 9.72. The Labute approximate surface area is 223 Å². The third kappa shape index (κ3) is 5.37. The summed E-state index contributed by atoms with van der Waals surface area (Å²) in [5.41, 5.74) is 4.26. The highest BCUT2D eigenvalue weighted by molar-refractivity contribution is 6.37. The minimum absolute atomic E-state index is 0.380. The van der Waals surface area contributed by atoms with Gasteiger partial charge in [-0.3, -0.25) is 9.97 Å². The smallest absolute Gasteiger partial charge is 0.139 e. The molecule has 37 heavy (non-hydrogen) atoms. The number of nitriles is 1. The number of benzene rings is 2. The van der Waals surface area contributed by atoms with Crippen LogP contribution in [0.4, 0.5) is 11.4 Å². The lowest BCUT2D eigenvalue weighted by molar-refractivity contribution is 0.415. The van der Waals surface area contributed by atoms with Crippen molar-refractivity contribution < 1.29 is 9.15 Å². The number of methoxy groups -OCH3 is 1. The van der Waals surface area contributed by atoms with Gasteiger partial charge in [0.05, 0.1) is 46.2 Å². The van der Waals surface area contributed by atoms with E-state index in [1.54, 1.807) is 24.5 Å². The minimum Gasteiger partial charge on any atom is -0.495 e. The van der Waals surface area contributed by atoms with Gasteiger partial charge in [-0.1, -0.05) is 29.3 Å². The Morgan fingerprint density at radius 1 is 1.00 bits per heavy atom. The van der Waals surface area contributed by atoms with Crippen LogP contribution in [0.25, 0.3) is 22.2 Å². The number of fused-ring (bicyclic) bond motifs is 1. The van der Waals surface area contributed by atoms with Gasteiger partial charge in [-0.15, -0.1) is 0 Å². The molecule has 5 rings (SSSR count). The average molecular weight is 530 g/mol. The lowest BCUT2D eigenvalue weighted by Crippen LogP contribution is -2.11. The number of rotatable bonds is 8. The fraction of sp³-hybridized carbons (Fsp3) is 0.107. The largest absolute Gasteiger partial charge is 0.495 e. The first-order valence-electron chi connectivity index (χ1n) is 11.4. The lowest BCUT2D eigenvalue weighted by Gasteiger charge is -2.15. The zero-order valence-electron chi connectivity index (χ0n) is 19.8. The molecule has 0 aliphatic heterocycles. The molecule has 0 spiro atoms. The second-order valence-electron chi connectivity index (χ2n) is 8.21. The van der Waals surface area contributed by atoms with Gasteiger partial charge in [-0.05, 0) is 48.0 Å². The predicted molar refractivity (Wildman–Crippen MR) is 145 cm³/mol. The molecule has 0 aliphatic rings. The zero-order valence-corrected chi connectivity index (χ0v) is 21.3. The number of anilines is 2. The van der Waals surface area contributed by atoms with E-state index in [0.717, 1.165) is 34.6 Å². The summed E-state index contributed by atoms with van der Waals surface area (Å²) < 4.78 is 11.4. The molecule has 7 nitrogen and oxygen atoms in total. The standard InChI is InChI=1S/C28H21Cl2N5O2/c1-36-27-12-25(22(29)11-23(27)30)35-28-19(13-31)15-34-24-10-18(2-4-21(24)28)26-5-3-20(37-26)16-33-14-17-6-8-32-9-7-17/h2-12,15,33H,14,16H2,1H3,(H,34,35). The summed E-state index contributed by atoms with van der Waals surface area (Å²) >= 11 is 12.6. The molecular weight excluding hydrogens is 509 g/mol. The Bertz CT molecular complexity index is 1610. The van der Waals surface area contributed by atoms with Gasteiger partial charge in [-0.25, -0.2) is 0 Å². The Morgan fingerprint density at radius 3 is 2.62 bits per heavy atom. The summed E-state index contributed by atoms with van der Waals surface area (Å²) in [6, 6.07) is 19.1. The van der Waals surface area contributed by atoms with Crippen molar-refractivity contribution in [1.82, 2.24) is 15.3 Å². The van der Waals surface area contributed by atoms with Crippen molar-refractivity contribution in [3.05, 3.63) is 100 Å². The van der Waals surface area contributed by atoms with Crippen LogP contribution < -0.4 is 15.4 Å². The molecule has 3 heterocycles. The van der Waals surface area contributed by atoms with Crippen LogP contribution in [-0.2, 0) is 13.1 Å². The topological polar surface area (TPSA) is 96.0 Å². The van der Waals surface area contributed by atoms with Crippen LogP contribution in [0.15, 0.2) is 77.6 Å². The van der Waals surface area contributed by atoms with E-state index in [-0.39, 0.29) is 0 Å². The fourth-order valence-corrected chi connectivity index (χ4v) is 4.45. The SMILES string of the molecule is COc1cc(Nc2c(C#N)cnc3cc(-c4ccc(CNCc5ccncc5)o4)ccc23)c(Cl)cc1Cl. The van der Waals surface area contributed by atoms with Crippen LogP contribution in [-0.4, -0.2) is 17.1 Å². The highest BCUT2D eigenvalue weighted by atomic mass is 35.5. The number of hydrogen-bond acceptors (Lipinski definition) is 7. The number of aromatic nitrogens is 2. The second-order valence-corrected chi connectivity index (χ2v) is 9.02.